The van der Waals surface area contributed by atoms with Crippen LogP contribution in [-0.4, -0.2) is 26.8 Å². The highest BCUT2D eigenvalue weighted by Crippen LogP contribution is 2.28. The van der Waals surface area contributed by atoms with Crippen molar-refractivity contribution >= 4 is 17.4 Å². The van der Waals surface area contributed by atoms with Crippen LogP contribution in [0.4, 0.5) is 5.82 Å². The molecule has 6 nitrogen and oxygen atoms in total. The summed E-state index contributed by atoms with van der Waals surface area (Å²) in [5.41, 5.74) is 7.85. The molecular formula is C16H17N5O. The van der Waals surface area contributed by atoms with Gasteiger partial charge in [-0.25, -0.2) is 4.98 Å². The number of benzene rings is 1. The van der Waals surface area contributed by atoms with E-state index in [1.54, 1.807) is 12.4 Å². The van der Waals surface area contributed by atoms with Crippen molar-refractivity contribution < 1.29 is 4.79 Å². The Kier molecular flexibility index (Phi) is 4.00. The van der Waals surface area contributed by atoms with E-state index in [9.17, 15) is 4.79 Å². The van der Waals surface area contributed by atoms with Crippen molar-refractivity contribution in [2.45, 2.75) is 12.8 Å². The van der Waals surface area contributed by atoms with E-state index >= 15 is 0 Å². The molecule has 3 rings (SSSR count). The lowest BCUT2D eigenvalue weighted by Crippen LogP contribution is -2.13. The van der Waals surface area contributed by atoms with Gasteiger partial charge in [0.05, 0.1) is 6.20 Å². The Morgan fingerprint density at radius 3 is 2.86 bits per heavy atom. The number of anilines is 1. The van der Waals surface area contributed by atoms with Crippen molar-refractivity contribution in [3.05, 3.63) is 48.9 Å². The molecule has 0 spiro atoms. The van der Waals surface area contributed by atoms with Crippen LogP contribution in [0.15, 0.2) is 48.9 Å². The highest BCUT2D eigenvalue weighted by molar-refractivity contribution is 5.76. The maximum absolute atomic E-state index is 10.8. The Bertz CT molecular complexity index is 782. The maximum Gasteiger partial charge on any atom is 0.217 e. The zero-order chi connectivity index (χ0) is 15.4. The Balaban J connectivity index is 1.93. The number of carbonyl (C=O) groups is 1. The Hall–Kier alpha value is -2.89. The minimum atomic E-state index is -0.285. The lowest BCUT2D eigenvalue weighted by atomic mass is 10.1. The number of aromatic nitrogens is 3. The van der Waals surface area contributed by atoms with Crippen molar-refractivity contribution in [3.63, 3.8) is 0 Å². The van der Waals surface area contributed by atoms with Crippen LogP contribution in [-0.2, 0) is 4.79 Å². The van der Waals surface area contributed by atoms with Gasteiger partial charge in [-0.2, -0.15) is 0 Å². The number of nitrogens with two attached hydrogens (primary N) is 1. The molecule has 0 aliphatic heterocycles. The molecule has 0 saturated heterocycles. The Morgan fingerprint density at radius 2 is 2.09 bits per heavy atom. The first kappa shape index (κ1) is 14.1. The summed E-state index contributed by atoms with van der Waals surface area (Å²) in [4.78, 5) is 19.6. The van der Waals surface area contributed by atoms with E-state index in [0.717, 1.165) is 22.7 Å². The molecule has 0 aliphatic carbocycles. The first-order valence-electron chi connectivity index (χ1n) is 7.15. The van der Waals surface area contributed by atoms with Crippen LogP contribution < -0.4 is 11.1 Å². The summed E-state index contributed by atoms with van der Waals surface area (Å²) in [7, 11) is 0. The lowest BCUT2D eigenvalue weighted by molar-refractivity contribution is -0.118. The molecule has 6 heteroatoms. The number of primary amides is 1. The topological polar surface area (TPSA) is 85.3 Å². The van der Waals surface area contributed by atoms with Gasteiger partial charge in [0, 0.05) is 30.9 Å². The molecule has 0 saturated carbocycles. The molecule has 112 valence electrons. The van der Waals surface area contributed by atoms with E-state index in [4.69, 9.17) is 5.73 Å². The van der Waals surface area contributed by atoms with Crippen LogP contribution in [0.5, 0.6) is 0 Å². The number of imidazole rings is 1. The van der Waals surface area contributed by atoms with Gasteiger partial charge in [-0.05, 0) is 6.42 Å². The number of carbonyl (C=O) groups excluding carboxylic acids is 1. The van der Waals surface area contributed by atoms with Crippen LogP contribution in [0.1, 0.15) is 12.8 Å². The molecule has 0 radical (unpaired) electrons. The van der Waals surface area contributed by atoms with E-state index in [1.807, 2.05) is 40.9 Å². The molecule has 0 unspecified atom stereocenters. The van der Waals surface area contributed by atoms with Crippen LogP contribution in [0.25, 0.3) is 16.9 Å². The zero-order valence-electron chi connectivity index (χ0n) is 12.1. The van der Waals surface area contributed by atoms with Crippen molar-refractivity contribution in [3.8, 4) is 11.3 Å². The Labute approximate surface area is 128 Å². The highest BCUT2D eigenvalue weighted by atomic mass is 16.1. The Morgan fingerprint density at radius 1 is 1.27 bits per heavy atom. The highest BCUT2D eigenvalue weighted by Gasteiger charge is 2.13. The molecule has 3 aromatic rings. The third kappa shape index (κ3) is 2.90. The van der Waals surface area contributed by atoms with Gasteiger partial charge >= 0.3 is 0 Å². The largest absolute Gasteiger partial charge is 0.370 e. The summed E-state index contributed by atoms with van der Waals surface area (Å²) < 4.78 is 1.96. The summed E-state index contributed by atoms with van der Waals surface area (Å²) >= 11 is 0. The first-order chi connectivity index (χ1) is 10.8. The van der Waals surface area contributed by atoms with Gasteiger partial charge in [0.1, 0.15) is 11.5 Å². The number of hydrogen-bond acceptors (Lipinski definition) is 4. The number of amides is 1. The minimum absolute atomic E-state index is 0.285. The second-order valence-electron chi connectivity index (χ2n) is 4.98. The van der Waals surface area contributed by atoms with E-state index < -0.39 is 0 Å². The number of nitrogens with zero attached hydrogens (tertiary/aromatic N) is 3. The van der Waals surface area contributed by atoms with Gasteiger partial charge in [0.2, 0.25) is 5.91 Å². The van der Waals surface area contributed by atoms with Crippen molar-refractivity contribution in [1.29, 1.82) is 0 Å². The number of hydrogen-bond donors (Lipinski definition) is 2. The molecule has 3 N–H and O–H groups in total. The van der Waals surface area contributed by atoms with E-state index in [2.05, 4.69) is 15.3 Å². The van der Waals surface area contributed by atoms with Gasteiger partial charge in [0.15, 0.2) is 5.65 Å². The standard InChI is InChI=1S/C16H17N5O/c17-13(22)7-4-8-19-16-15(12-5-2-1-3-6-12)20-14-11-18-9-10-21(14)16/h1-3,5-6,9-11,19H,4,7-8H2,(H2,17,22). The van der Waals surface area contributed by atoms with Crippen LogP contribution in [0.3, 0.4) is 0 Å². The fraction of sp³-hybridized carbons (Fsp3) is 0.188. The zero-order valence-corrected chi connectivity index (χ0v) is 12.1. The molecule has 0 aliphatic rings. The third-order valence-electron chi connectivity index (χ3n) is 3.37. The van der Waals surface area contributed by atoms with Crippen molar-refractivity contribution in [1.82, 2.24) is 14.4 Å². The molecule has 1 amide bonds. The van der Waals surface area contributed by atoms with Crippen molar-refractivity contribution in [2.75, 3.05) is 11.9 Å². The summed E-state index contributed by atoms with van der Waals surface area (Å²) in [6, 6.07) is 9.97. The monoisotopic (exact) mass is 295 g/mol. The summed E-state index contributed by atoms with van der Waals surface area (Å²) in [5.74, 6) is 0.612. The molecule has 0 atom stereocenters. The van der Waals surface area contributed by atoms with Crippen molar-refractivity contribution in [2.24, 2.45) is 5.73 Å². The summed E-state index contributed by atoms with van der Waals surface area (Å²) in [6.45, 7) is 0.652. The number of nitrogens with one attached hydrogen (secondary N) is 1. The van der Waals surface area contributed by atoms with Crippen LogP contribution in [0.2, 0.25) is 0 Å². The maximum atomic E-state index is 10.8. The van der Waals surface area contributed by atoms with Crippen LogP contribution in [0, 0.1) is 0 Å². The first-order valence-corrected chi connectivity index (χ1v) is 7.15. The molecule has 2 heterocycles. The number of rotatable bonds is 6. The van der Waals surface area contributed by atoms with Gasteiger partial charge in [-0.1, -0.05) is 30.3 Å². The SMILES string of the molecule is NC(=O)CCCNc1c(-c2ccccc2)nc2cnccn12. The van der Waals surface area contributed by atoms with Gasteiger partial charge < -0.3 is 11.1 Å². The van der Waals surface area contributed by atoms with Crippen LogP contribution >= 0.6 is 0 Å². The van der Waals surface area contributed by atoms with Gasteiger partial charge in [-0.3, -0.25) is 14.2 Å². The molecular weight excluding hydrogens is 278 g/mol. The molecule has 22 heavy (non-hydrogen) atoms. The molecule has 0 bridgehead atoms. The molecule has 1 aromatic carbocycles. The molecule has 0 fully saturated rings. The third-order valence-corrected chi connectivity index (χ3v) is 3.37. The van der Waals surface area contributed by atoms with E-state index in [-0.39, 0.29) is 5.91 Å². The van der Waals surface area contributed by atoms with E-state index in [1.165, 1.54) is 0 Å². The average Bonchev–Trinajstić information content (AvgIpc) is 2.91. The normalized spacial score (nSPS) is 10.7. The lowest BCUT2D eigenvalue weighted by Gasteiger charge is -2.08. The summed E-state index contributed by atoms with van der Waals surface area (Å²) in [5, 5.41) is 3.36. The molecule has 2 aromatic heterocycles. The van der Waals surface area contributed by atoms with Gasteiger partial charge in [0.25, 0.3) is 0 Å². The quantitative estimate of drug-likeness (QED) is 0.682. The predicted octanol–water partition coefficient (Wildman–Crippen LogP) is 2.07. The fourth-order valence-electron chi connectivity index (χ4n) is 2.34. The second-order valence-corrected chi connectivity index (χ2v) is 4.98. The van der Waals surface area contributed by atoms with E-state index in [0.29, 0.717) is 19.4 Å². The second kappa shape index (κ2) is 6.26. The average molecular weight is 295 g/mol. The fourth-order valence-corrected chi connectivity index (χ4v) is 2.34. The van der Waals surface area contributed by atoms with Gasteiger partial charge in [-0.15, -0.1) is 0 Å². The predicted molar refractivity (Wildman–Crippen MR) is 85.3 cm³/mol. The number of fused-ring (bicyclic) bond motifs is 1. The summed E-state index contributed by atoms with van der Waals surface area (Å²) in [6.07, 6.45) is 6.36. The smallest absolute Gasteiger partial charge is 0.217 e. The minimum Gasteiger partial charge on any atom is -0.370 e.